The van der Waals surface area contributed by atoms with Gasteiger partial charge in [-0.05, 0) is 30.5 Å². The van der Waals surface area contributed by atoms with Crippen LogP contribution in [0.25, 0.3) is 0 Å². The van der Waals surface area contributed by atoms with Gasteiger partial charge in [0.05, 0.1) is 13.2 Å². The largest absolute Gasteiger partial charge is 0.468 e. The predicted molar refractivity (Wildman–Crippen MR) is 94.0 cm³/mol. The van der Waals surface area contributed by atoms with Gasteiger partial charge in [-0.15, -0.1) is 0 Å². The van der Waals surface area contributed by atoms with Crippen molar-refractivity contribution in [2.45, 2.75) is 50.7 Å². The molecule has 128 valence electrons. The molecule has 0 amide bonds. The van der Waals surface area contributed by atoms with E-state index in [9.17, 15) is 4.79 Å². The van der Waals surface area contributed by atoms with Gasteiger partial charge in [-0.2, -0.15) is 0 Å². The van der Waals surface area contributed by atoms with Crippen LogP contribution in [0.15, 0.2) is 47.5 Å². The molecule has 0 N–H and O–H groups in total. The Morgan fingerprint density at radius 2 is 2.00 bits per heavy atom. The van der Waals surface area contributed by atoms with E-state index < -0.39 is 0 Å². The van der Waals surface area contributed by atoms with E-state index >= 15 is 0 Å². The molecule has 1 heterocycles. The Hall–Kier alpha value is -2.10. The van der Waals surface area contributed by atoms with Gasteiger partial charge in [-0.1, -0.05) is 50.3 Å². The van der Waals surface area contributed by atoms with Crippen LogP contribution in [0.1, 0.15) is 44.1 Å². The van der Waals surface area contributed by atoms with Gasteiger partial charge in [0.25, 0.3) is 0 Å². The minimum absolute atomic E-state index is 0.0733. The maximum Gasteiger partial charge on any atom is 0.330 e. The van der Waals surface area contributed by atoms with Gasteiger partial charge in [0.2, 0.25) is 5.90 Å². The Morgan fingerprint density at radius 3 is 2.71 bits per heavy atom. The zero-order valence-corrected chi connectivity index (χ0v) is 14.2. The number of nitrogens with zero attached hydrogens (tertiary/aromatic N) is 1. The van der Waals surface area contributed by atoms with E-state index in [0.717, 1.165) is 12.0 Å². The first kappa shape index (κ1) is 16.7. The van der Waals surface area contributed by atoms with Crippen LogP contribution in [0.3, 0.4) is 0 Å². The highest BCUT2D eigenvalue weighted by molar-refractivity contribution is 5.95. The summed E-state index contributed by atoms with van der Waals surface area (Å²) in [6.07, 6.45) is 10.6. The second-order valence-electron chi connectivity index (χ2n) is 6.57. The topological polar surface area (TPSA) is 47.9 Å². The van der Waals surface area contributed by atoms with E-state index in [-0.39, 0.29) is 18.1 Å². The third kappa shape index (κ3) is 4.25. The molecule has 0 aromatic heterocycles. The molecular formula is C20H25NO3. The summed E-state index contributed by atoms with van der Waals surface area (Å²) in [7, 11) is 1.38. The molecule has 0 spiro atoms. The molecular weight excluding hydrogens is 302 g/mol. The number of hydrogen-bond donors (Lipinski definition) is 0. The fraction of sp³-hybridized carbons (Fsp3) is 0.500. The molecule has 0 unspecified atom stereocenters. The van der Waals surface area contributed by atoms with Crippen molar-refractivity contribution in [3.05, 3.63) is 48.0 Å². The van der Waals surface area contributed by atoms with E-state index in [1.54, 1.807) is 6.08 Å². The fourth-order valence-corrected chi connectivity index (χ4v) is 3.55. The van der Waals surface area contributed by atoms with Gasteiger partial charge in [0.15, 0.2) is 0 Å². The molecule has 1 saturated carbocycles. The van der Waals surface area contributed by atoms with E-state index in [0.29, 0.717) is 11.8 Å². The lowest BCUT2D eigenvalue weighted by molar-refractivity contribution is -0.134. The monoisotopic (exact) mass is 327 g/mol. The zero-order valence-electron chi connectivity index (χ0n) is 14.2. The number of carbonyl (C=O) groups excluding carboxylic acids is 1. The van der Waals surface area contributed by atoms with Gasteiger partial charge in [0, 0.05) is 11.6 Å². The SMILES string of the molecule is COC(=O)/C=C/[C@@H]1OC(c2ccccc2)=N[C@H]1CC1CCCCC1. The zero-order chi connectivity index (χ0) is 16.8. The molecule has 0 saturated heterocycles. The average molecular weight is 327 g/mol. The van der Waals surface area contributed by atoms with Crippen molar-refractivity contribution in [1.29, 1.82) is 0 Å². The normalized spacial score (nSPS) is 24.6. The minimum Gasteiger partial charge on any atom is -0.468 e. The molecule has 24 heavy (non-hydrogen) atoms. The predicted octanol–water partition coefficient (Wildman–Crippen LogP) is 3.90. The number of aliphatic imine (C=N–C) groups is 1. The number of rotatable bonds is 5. The number of esters is 1. The van der Waals surface area contributed by atoms with Crippen LogP contribution in [0.2, 0.25) is 0 Å². The summed E-state index contributed by atoms with van der Waals surface area (Å²) in [5.41, 5.74) is 0.986. The van der Waals surface area contributed by atoms with Gasteiger partial charge < -0.3 is 9.47 Å². The molecule has 2 atom stereocenters. The summed E-state index contributed by atoms with van der Waals surface area (Å²) >= 11 is 0. The van der Waals surface area contributed by atoms with E-state index in [4.69, 9.17) is 9.73 Å². The van der Waals surface area contributed by atoms with E-state index in [1.165, 1.54) is 45.3 Å². The summed E-state index contributed by atoms with van der Waals surface area (Å²) in [5.74, 6) is 1.03. The first-order chi connectivity index (χ1) is 11.8. The van der Waals surface area contributed by atoms with Crippen molar-refractivity contribution in [2.24, 2.45) is 10.9 Å². The maximum absolute atomic E-state index is 11.4. The summed E-state index contributed by atoms with van der Waals surface area (Å²) in [6, 6.07) is 10.0. The smallest absolute Gasteiger partial charge is 0.330 e. The Balaban J connectivity index is 1.74. The van der Waals surface area contributed by atoms with Gasteiger partial charge in [-0.3, -0.25) is 0 Å². The lowest BCUT2D eigenvalue weighted by Gasteiger charge is -2.24. The minimum atomic E-state index is -0.358. The molecule has 3 rings (SSSR count). The van der Waals surface area contributed by atoms with Crippen LogP contribution >= 0.6 is 0 Å². The summed E-state index contributed by atoms with van der Waals surface area (Å²) < 4.78 is 10.7. The van der Waals surface area contributed by atoms with Crippen LogP contribution in [0, 0.1) is 5.92 Å². The van der Waals surface area contributed by atoms with Crippen LogP contribution in [-0.2, 0) is 14.3 Å². The van der Waals surface area contributed by atoms with Crippen LogP contribution < -0.4 is 0 Å². The van der Waals surface area contributed by atoms with Crippen molar-refractivity contribution in [2.75, 3.05) is 7.11 Å². The number of methoxy groups -OCH3 is 1. The Kier molecular flexibility index (Phi) is 5.68. The highest BCUT2D eigenvalue weighted by Gasteiger charge is 2.32. The molecule has 4 nitrogen and oxygen atoms in total. The third-order valence-electron chi connectivity index (χ3n) is 4.85. The lowest BCUT2D eigenvalue weighted by Crippen LogP contribution is -2.24. The second-order valence-corrected chi connectivity index (χ2v) is 6.57. The standard InChI is InChI=1S/C20H25NO3/c1-23-19(22)13-12-18-17(14-15-8-4-2-5-9-15)21-20(24-18)16-10-6-3-7-11-16/h3,6-7,10-13,15,17-18H,2,4-5,8-9,14H2,1H3/b13-12+/t17-,18-/m0/s1. The number of ether oxygens (including phenoxy) is 2. The fourth-order valence-electron chi connectivity index (χ4n) is 3.55. The number of benzene rings is 1. The van der Waals surface area contributed by atoms with Crippen molar-refractivity contribution >= 4 is 11.9 Å². The quantitative estimate of drug-likeness (QED) is 0.609. The van der Waals surface area contributed by atoms with Gasteiger partial charge >= 0.3 is 5.97 Å². The van der Waals surface area contributed by atoms with Crippen LogP contribution in [-0.4, -0.2) is 31.1 Å². The van der Waals surface area contributed by atoms with E-state index in [1.807, 2.05) is 30.3 Å². The Bertz CT molecular complexity index is 603. The molecule has 1 aliphatic carbocycles. The highest BCUT2D eigenvalue weighted by Crippen LogP contribution is 2.32. The molecule has 1 aliphatic heterocycles. The molecule has 1 aromatic rings. The van der Waals surface area contributed by atoms with Crippen LogP contribution in [0.4, 0.5) is 0 Å². The molecule has 0 radical (unpaired) electrons. The van der Waals surface area contributed by atoms with Crippen molar-refractivity contribution in [3.63, 3.8) is 0 Å². The van der Waals surface area contributed by atoms with E-state index in [2.05, 4.69) is 4.74 Å². The number of carbonyl (C=O) groups is 1. The summed E-state index contributed by atoms with van der Waals surface area (Å²) in [6.45, 7) is 0. The first-order valence-electron chi connectivity index (χ1n) is 8.82. The molecule has 2 aliphatic rings. The Morgan fingerprint density at radius 1 is 1.25 bits per heavy atom. The lowest BCUT2D eigenvalue weighted by atomic mass is 9.84. The molecule has 0 bridgehead atoms. The van der Waals surface area contributed by atoms with Crippen molar-refractivity contribution < 1.29 is 14.3 Å². The molecule has 1 aromatic carbocycles. The molecule has 1 fully saturated rings. The number of hydrogen-bond acceptors (Lipinski definition) is 4. The Labute approximate surface area is 143 Å². The summed E-state index contributed by atoms with van der Waals surface area (Å²) in [4.78, 5) is 16.2. The second kappa shape index (κ2) is 8.13. The van der Waals surface area contributed by atoms with Gasteiger partial charge in [-0.25, -0.2) is 9.79 Å². The van der Waals surface area contributed by atoms with Gasteiger partial charge in [0.1, 0.15) is 6.10 Å². The first-order valence-corrected chi connectivity index (χ1v) is 8.82. The highest BCUT2D eigenvalue weighted by atomic mass is 16.5. The molecule has 4 heteroatoms. The van der Waals surface area contributed by atoms with Crippen LogP contribution in [0.5, 0.6) is 0 Å². The third-order valence-corrected chi connectivity index (χ3v) is 4.85. The van der Waals surface area contributed by atoms with Crippen molar-refractivity contribution in [1.82, 2.24) is 0 Å². The average Bonchev–Trinajstić information content (AvgIpc) is 3.04. The maximum atomic E-state index is 11.4. The summed E-state index contributed by atoms with van der Waals surface area (Å²) in [5, 5.41) is 0. The van der Waals surface area contributed by atoms with Crippen molar-refractivity contribution in [3.8, 4) is 0 Å².